The molecule has 88 valence electrons. The quantitative estimate of drug-likeness (QED) is 0.444. The molecule has 0 saturated carbocycles. The van der Waals surface area contributed by atoms with Crippen molar-refractivity contribution >= 4 is 29.1 Å². The third-order valence-electron chi connectivity index (χ3n) is 3.04. The van der Waals surface area contributed by atoms with Crippen LogP contribution in [0.2, 0.25) is 0 Å². The van der Waals surface area contributed by atoms with Gasteiger partial charge in [0, 0.05) is 0 Å². The van der Waals surface area contributed by atoms with Crippen molar-refractivity contribution in [2.75, 3.05) is 0 Å². The first-order valence-electron chi connectivity index (χ1n) is 5.35. The van der Waals surface area contributed by atoms with E-state index in [0.717, 1.165) is 5.57 Å². The van der Waals surface area contributed by atoms with E-state index in [-0.39, 0.29) is 16.9 Å². The van der Waals surface area contributed by atoms with E-state index >= 15 is 0 Å². The molecule has 2 amide bonds. The van der Waals surface area contributed by atoms with Crippen LogP contribution in [0.3, 0.4) is 0 Å². The highest BCUT2D eigenvalue weighted by atomic mass is 32.1. The first-order valence-corrected chi connectivity index (χ1v) is 5.76. The molecule has 0 aromatic rings. The molecule has 5 heteroatoms. The molecule has 4 nitrogen and oxygen atoms in total. The van der Waals surface area contributed by atoms with E-state index in [2.05, 4.69) is 10.6 Å². The molecule has 0 aromatic heterocycles. The Hall–Kier alpha value is -1.23. The number of carbonyl (C=O) groups is 2. The lowest BCUT2D eigenvalue weighted by Crippen LogP contribution is -2.62. The van der Waals surface area contributed by atoms with Gasteiger partial charge in [0.05, 0.1) is 0 Å². The smallest absolute Gasteiger partial charge is 0.245 e. The van der Waals surface area contributed by atoms with Gasteiger partial charge in [-0.3, -0.25) is 9.59 Å². The molecule has 1 saturated heterocycles. The summed E-state index contributed by atoms with van der Waals surface area (Å²) in [5.41, 5.74) is -0.265. The van der Waals surface area contributed by atoms with Crippen LogP contribution in [0.25, 0.3) is 0 Å². The zero-order valence-corrected chi connectivity index (χ0v) is 10.5. The van der Waals surface area contributed by atoms with Crippen molar-refractivity contribution in [3.8, 4) is 0 Å². The zero-order chi connectivity index (χ0) is 12.3. The average Bonchev–Trinajstić information content (AvgIpc) is 2.23. The van der Waals surface area contributed by atoms with Gasteiger partial charge in [-0.25, -0.2) is 0 Å². The van der Waals surface area contributed by atoms with Gasteiger partial charge in [0.1, 0.15) is 5.41 Å². The second kappa shape index (κ2) is 4.74. The third kappa shape index (κ3) is 1.75. The molecular formula is C11H16N2O2S. The summed E-state index contributed by atoms with van der Waals surface area (Å²) in [6, 6.07) is 0. The van der Waals surface area contributed by atoms with Gasteiger partial charge in [0.15, 0.2) is 5.11 Å². The lowest BCUT2D eigenvalue weighted by atomic mass is 9.73. The molecule has 0 aromatic carbocycles. The summed E-state index contributed by atoms with van der Waals surface area (Å²) in [6.45, 7) is 5.59. The van der Waals surface area contributed by atoms with Gasteiger partial charge in [-0.1, -0.05) is 19.9 Å². The number of hydrogen-bond donors (Lipinski definition) is 2. The van der Waals surface area contributed by atoms with Crippen molar-refractivity contribution < 1.29 is 9.59 Å². The lowest BCUT2D eigenvalue weighted by Gasteiger charge is -2.36. The van der Waals surface area contributed by atoms with Crippen molar-refractivity contribution in [2.24, 2.45) is 5.41 Å². The molecule has 1 rings (SSSR count). The van der Waals surface area contributed by atoms with Crippen LogP contribution in [0.1, 0.15) is 33.6 Å². The summed E-state index contributed by atoms with van der Waals surface area (Å²) < 4.78 is 0. The van der Waals surface area contributed by atoms with Crippen LogP contribution in [-0.4, -0.2) is 16.9 Å². The van der Waals surface area contributed by atoms with Gasteiger partial charge in [-0.15, -0.1) is 0 Å². The van der Waals surface area contributed by atoms with Gasteiger partial charge in [-0.2, -0.15) is 0 Å². The summed E-state index contributed by atoms with van der Waals surface area (Å²) in [5, 5.41) is 5.13. The fourth-order valence-electron chi connectivity index (χ4n) is 2.15. The molecule has 0 bridgehead atoms. The number of amides is 2. The maximum atomic E-state index is 12.0. The molecule has 1 aliphatic rings. The standard InChI is InChI=1S/C11H16N2O2S/c1-4-7(5-2)11(6-3)8(14)12-10(16)13-9(11)15/h4H,5-6H2,1-3H3,(H2,12,13,14,15,16)/b7-4+. The number of allylic oxidation sites excluding steroid dienone is 1. The summed E-state index contributed by atoms with van der Waals surface area (Å²) in [6.07, 6.45) is 2.93. The third-order valence-corrected chi connectivity index (χ3v) is 3.24. The second-order valence-electron chi connectivity index (χ2n) is 3.66. The number of carbonyl (C=O) groups excluding carboxylic acids is 2. The van der Waals surface area contributed by atoms with Crippen LogP contribution < -0.4 is 10.6 Å². The zero-order valence-electron chi connectivity index (χ0n) is 9.72. The van der Waals surface area contributed by atoms with Crippen LogP contribution in [0.15, 0.2) is 11.6 Å². The Labute approximate surface area is 100 Å². The van der Waals surface area contributed by atoms with Crippen molar-refractivity contribution in [3.63, 3.8) is 0 Å². The van der Waals surface area contributed by atoms with Crippen molar-refractivity contribution in [2.45, 2.75) is 33.6 Å². The van der Waals surface area contributed by atoms with E-state index in [9.17, 15) is 9.59 Å². The Kier molecular flexibility index (Phi) is 3.80. The van der Waals surface area contributed by atoms with Crippen LogP contribution in [0.4, 0.5) is 0 Å². The SMILES string of the molecule is C/C=C(\CC)C1(CC)C(=O)NC(=S)NC1=O. The predicted octanol–water partition coefficient (Wildman–Crippen LogP) is 1.27. The van der Waals surface area contributed by atoms with Gasteiger partial charge in [0.2, 0.25) is 11.8 Å². The molecule has 0 unspecified atom stereocenters. The fraction of sp³-hybridized carbons (Fsp3) is 0.545. The number of thiocarbonyl (C=S) groups is 1. The molecular weight excluding hydrogens is 224 g/mol. The normalized spacial score (nSPS) is 20.4. The number of nitrogens with one attached hydrogen (secondary N) is 2. The van der Waals surface area contributed by atoms with Crippen LogP contribution in [-0.2, 0) is 9.59 Å². The Balaban J connectivity index is 3.25. The molecule has 2 N–H and O–H groups in total. The molecule has 0 radical (unpaired) electrons. The van der Waals surface area contributed by atoms with Crippen LogP contribution in [0, 0.1) is 5.41 Å². The fourth-order valence-corrected chi connectivity index (χ4v) is 2.33. The largest absolute Gasteiger partial charge is 0.302 e. The maximum absolute atomic E-state index is 12.0. The Morgan fingerprint density at radius 3 is 2.12 bits per heavy atom. The molecule has 1 fully saturated rings. The van der Waals surface area contributed by atoms with Gasteiger partial charge < -0.3 is 10.6 Å². The van der Waals surface area contributed by atoms with Crippen molar-refractivity contribution in [1.82, 2.24) is 10.6 Å². The average molecular weight is 240 g/mol. The summed E-state index contributed by atoms with van der Waals surface area (Å²) >= 11 is 4.79. The van der Waals surface area contributed by atoms with Crippen molar-refractivity contribution in [1.29, 1.82) is 0 Å². The van der Waals surface area contributed by atoms with E-state index < -0.39 is 5.41 Å². The van der Waals surface area contributed by atoms with Gasteiger partial charge in [0.25, 0.3) is 0 Å². The minimum Gasteiger partial charge on any atom is -0.302 e. The first kappa shape index (κ1) is 12.8. The monoisotopic (exact) mass is 240 g/mol. The van der Waals surface area contributed by atoms with E-state index in [0.29, 0.717) is 12.8 Å². The Morgan fingerprint density at radius 1 is 1.31 bits per heavy atom. The number of rotatable bonds is 3. The van der Waals surface area contributed by atoms with Crippen LogP contribution >= 0.6 is 12.2 Å². The summed E-state index contributed by atoms with van der Waals surface area (Å²) in [7, 11) is 0. The topological polar surface area (TPSA) is 58.2 Å². The van der Waals surface area contributed by atoms with E-state index in [1.165, 1.54) is 0 Å². The first-order chi connectivity index (χ1) is 7.52. The molecule has 16 heavy (non-hydrogen) atoms. The molecule has 0 atom stereocenters. The lowest BCUT2D eigenvalue weighted by molar-refractivity contribution is -0.141. The second-order valence-corrected chi connectivity index (χ2v) is 4.07. The maximum Gasteiger partial charge on any atom is 0.245 e. The highest BCUT2D eigenvalue weighted by Gasteiger charge is 2.49. The van der Waals surface area contributed by atoms with E-state index in [4.69, 9.17) is 12.2 Å². The molecule has 1 heterocycles. The summed E-state index contributed by atoms with van der Waals surface area (Å²) in [4.78, 5) is 24.1. The van der Waals surface area contributed by atoms with E-state index in [1.807, 2.05) is 26.8 Å². The molecule has 0 aliphatic carbocycles. The highest BCUT2D eigenvalue weighted by molar-refractivity contribution is 7.80. The minimum atomic E-state index is -1.09. The predicted molar refractivity (Wildman–Crippen MR) is 65.7 cm³/mol. The van der Waals surface area contributed by atoms with Crippen molar-refractivity contribution in [3.05, 3.63) is 11.6 Å². The van der Waals surface area contributed by atoms with Crippen LogP contribution in [0.5, 0.6) is 0 Å². The van der Waals surface area contributed by atoms with E-state index in [1.54, 1.807) is 0 Å². The number of hydrogen-bond acceptors (Lipinski definition) is 3. The molecule has 0 spiro atoms. The van der Waals surface area contributed by atoms with Gasteiger partial charge in [-0.05, 0) is 37.6 Å². The Bertz CT molecular complexity index is 354. The highest BCUT2D eigenvalue weighted by Crippen LogP contribution is 2.35. The minimum absolute atomic E-state index is 0.0885. The van der Waals surface area contributed by atoms with Gasteiger partial charge >= 0.3 is 0 Å². The molecule has 1 aliphatic heterocycles. The summed E-state index contributed by atoms with van der Waals surface area (Å²) in [5.74, 6) is -0.641. The Morgan fingerprint density at radius 2 is 1.81 bits per heavy atom.